The van der Waals surface area contributed by atoms with Crippen LogP contribution in [-0.4, -0.2) is 55.9 Å². The number of rotatable bonds is 7. The number of aryl methyl sites for hydroxylation is 1. The van der Waals surface area contributed by atoms with Crippen molar-refractivity contribution < 1.29 is 19.4 Å². The number of ether oxygens (including phenoxy) is 1. The summed E-state index contributed by atoms with van der Waals surface area (Å²) in [4.78, 5) is 27.1. The molecule has 1 heterocycles. The third kappa shape index (κ3) is 5.15. The molecule has 5 rings (SSSR count). The first-order valence-electron chi connectivity index (χ1n) is 14.7. The summed E-state index contributed by atoms with van der Waals surface area (Å²) in [6, 6.07) is 7.33. The zero-order chi connectivity index (χ0) is 30.4. The summed E-state index contributed by atoms with van der Waals surface area (Å²) in [5.41, 5.74) is -0.713. The number of hydrogen-bond donors (Lipinski definition) is 1. The summed E-state index contributed by atoms with van der Waals surface area (Å²) in [6.45, 7) is 14.3. The lowest BCUT2D eigenvalue weighted by Gasteiger charge is -2.61. The Bertz CT molecular complexity index is 1410. The van der Waals surface area contributed by atoms with E-state index in [1.807, 2.05) is 25.1 Å². The second-order valence-electron chi connectivity index (χ2n) is 13.0. The quantitative estimate of drug-likeness (QED) is 0.174. The molecule has 42 heavy (non-hydrogen) atoms. The van der Waals surface area contributed by atoms with Crippen molar-refractivity contribution in [2.75, 3.05) is 5.75 Å². The van der Waals surface area contributed by atoms with Gasteiger partial charge in [-0.2, -0.15) is 9.78 Å². The Morgan fingerprint density at radius 1 is 1.31 bits per heavy atom. The number of esters is 1. The Labute approximate surface area is 257 Å². The predicted molar refractivity (Wildman–Crippen MR) is 165 cm³/mol. The zero-order valence-corrected chi connectivity index (χ0v) is 26.6. The van der Waals surface area contributed by atoms with Crippen LogP contribution in [0.25, 0.3) is 0 Å². The molecule has 1 aromatic heterocycles. The van der Waals surface area contributed by atoms with Gasteiger partial charge in [-0.25, -0.2) is 0 Å². The van der Waals surface area contributed by atoms with Crippen molar-refractivity contribution >= 4 is 41.3 Å². The Balaban J connectivity index is 1.40. The highest BCUT2D eigenvalue weighted by atomic mass is 35.5. The van der Waals surface area contributed by atoms with Gasteiger partial charge in [0.15, 0.2) is 5.82 Å². The van der Waals surface area contributed by atoms with E-state index in [1.165, 1.54) is 11.8 Å². The predicted octanol–water partition coefficient (Wildman–Crippen LogP) is 6.12. The molecule has 0 aliphatic heterocycles. The summed E-state index contributed by atoms with van der Waals surface area (Å²) in [5, 5.41) is 25.6. The van der Waals surface area contributed by atoms with Gasteiger partial charge in [-0.1, -0.05) is 69.3 Å². The Morgan fingerprint density at radius 2 is 2.07 bits per heavy atom. The highest BCUT2D eigenvalue weighted by Gasteiger charge is 2.68. The van der Waals surface area contributed by atoms with Gasteiger partial charge in [-0.15, -0.1) is 16.8 Å². The number of aromatic nitrogens is 3. The van der Waals surface area contributed by atoms with E-state index in [4.69, 9.17) is 16.3 Å². The van der Waals surface area contributed by atoms with Crippen molar-refractivity contribution in [2.45, 2.75) is 84.1 Å². The third-order valence-corrected chi connectivity index (χ3v) is 12.0. The number of nitrogens with zero attached hydrogens (tertiary/aromatic N) is 4. The van der Waals surface area contributed by atoms with Gasteiger partial charge in [0.05, 0.1) is 18.1 Å². The van der Waals surface area contributed by atoms with E-state index < -0.39 is 29.0 Å². The number of Topliss-reactive ketones (excluding diaryl/α,β-unsaturated/α-hetero) is 1. The van der Waals surface area contributed by atoms with E-state index in [2.05, 4.69) is 42.6 Å². The fourth-order valence-corrected chi connectivity index (χ4v) is 9.00. The number of hydrogen-bond acceptors (Lipinski definition) is 8. The summed E-state index contributed by atoms with van der Waals surface area (Å²) >= 11 is 7.29. The van der Waals surface area contributed by atoms with Gasteiger partial charge < -0.3 is 9.84 Å². The normalized spacial score (nSPS) is 36.4. The van der Waals surface area contributed by atoms with E-state index in [0.29, 0.717) is 28.8 Å². The smallest absolute Gasteiger partial charge is 0.316 e. The van der Waals surface area contributed by atoms with Crippen LogP contribution >= 0.6 is 23.4 Å². The number of thioether (sulfide) groups is 1. The van der Waals surface area contributed by atoms with Crippen LogP contribution in [0, 0.1) is 40.9 Å². The third-order valence-electron chi connectivity index (χ3n) is 10.8. The van der Waals surface area contributed by atoms with Crippen molar-refractivity contribution in [1.29, 1.82) is 0 Å². The first-order valence-corrected chi connectivity index (χ1v) is 16.1. The minimum absolute atomic E-state index is 0.000699. The van der Waals surface area contributed by atoms with Gasteiger partial charge in [0.1, 0.15) is 11.9 Å². The van der Waals surface area contributed by atoms with Crippen molar-refractivity contribution in [3.8, 4) is 0 Å². The number of carbonyl (C=O) groups excluding carboxylic acids is 2. The lowest BCUT2D eigenvalue weighted by molar-refractivity contribution is -0.205. The van der Waals surface area contributed by atoms with Crippen molar-refractivity contribution in [3.05, 3.63) is 53.3 Å². The van der Waals surface area contributed by atoms with Crippen LogP contribution in [0.1, 0.15) is 71.2 Å². The molecule has 0 amide bonds. The monoisotopic (exact) mass is 612 g/mol. The number of aliphatic hydroxyl groups excluding tert-OH is 1. The van der Waals surface area contributed by atoms with Crippen LogP contribution in [0.5, 0.6) is 0 Å². The second kappa shape index (κ2) is 11.5. The highest BCUT2D eigenvalue weighted by molar-refractivity contribution is 7.99. The number of halogens is 1. The Kier molecular flexibility index (Phi) is 8.51. The molecule has 3 aliphatic carbocycles. The molecule has 8 nitrogen and oxygen atoms in total. The maximum atomic E-state index is 13.6. The molecule has 10 heteroatoms. The SMILES string of the molecule is C=C[C@]1(C)C[C@@H](OC(=O)CSc2nnc(C)n2/N=C/c2cccc(Cl)c2)[C@]2(C)[C@H](C)CC[C@]3(CCC(=O)[C@H]32)[C@@H](C)[C@@H]1O. The maximum Gasteiger partial charge on any atom is 0.316 e. The molecule has 3 fully saturated rings. The molecule has 0 radical (unpaired) electrons. The van der Waals surface area contributed by atoms with Crippen LogP contribution in [0.3, 0.4) is 0 Å². The molecule has 3 saturated carbocycles. The number of carbonyl (C=O) groups is 2. The fourth-order valence-electron chi connectivity index (χ4n) is 8.09. The zero-order valence-electron chi connectivity index (χ0n) is 25.0. The number of aliphatic hydroxyl groups is 1. The molecule has 0 saturated heterocycles. The minimum Gasteiger partial charge on any atom is -0.461 e. The topological polar surface area (TPSA) is 107 Å². The molecule has 0 spiro atoms. The summed E-state index contributed by atoms with van der Waals surface area (Å²) in [5.74, 6) is 0.254. The highest BCUT2D eigenvalue weighted by Crippen LogP contribution is 2.68. The maximum absolute atomic E-state index is 13.6. The second-order valence-corrected chi connectivity index (χ2v) is 14.4. The molecule has 0 unspecified atom stereocenters. The van der Waals surface area contributed by atoms with Gasteiger partial charge in [0, 0.05) is 28.2 Å². The van der Waals surface area contributed by atoms with E-state index in [-0.39, 0.29) is 34.7 Å². The first-order chi connectivity index (χ1) is 19.9. The lowest BCUT2D eigenvalue weighted by atomic mass is 9.44. The van der Waals surface area contributed by atoms with E-state index in [9.17, 15) is 14.7 Å². The summed E-state index contributed by atoms with van der Waals surface area (Å²) in [6.07, 6.45) is 5.72. The molecule has 2 bridgehead atoms. The average molecular weight is 613 g/mol. The van der Waals surface area contributed by atoms with Crippen LogP contribution in [-0.2, 0) is 14.3 Å². The molecule has 3 aliphatic rings. The summed E-state index contributed by atoms with van der Waals surface area (Å²) < 4.78 is 7.93. The first kappa shape index (κ1) is 31.0. The van der Waals surface area contributed by atoms with Crippen molar-refractivity contribution in [1.82, 2.24) is 14.9 Å². The van der Waals surface area contributed by atoms with Crippen LogP contribution in [0.15, 0.2) is 47.2 Å². The Hall–Kier alpha value is -2.49. The molecule has 1 N–H and O–H groups in total. The van der Waals surface area contributed by atoms with Gasteiger partial charge >= 0.3 is 5.97 Å². The summed E-state index contributed by atoms with van der Waals surface area (Å²) in [7, 11) is 0. The van der Waals surface area contributed by atoms with Crippen LogP contribution < -0.4 is 0 Å². The van der Waals surface area contributed by atoms with Gasteiger partial charge in [-0.05, 0) is 67.6 Å². The van der Waals surface area contributed by atoms with E-state index in [1.54, 1.807) is 29.9 Å². The molecule has 226 valence electrons. The van der Waals surface area contributed by atoms with Gasteiger partial charge in [0.25, 0.3) is 0 Å². The minimum atomic E-state index is -0.698. The van der Waals surface area contributed by atoms with Gasteiger partial charge in [-0.3, -0.25) is 9.59 Å². The largest absolute Gasteiger partial charge is 0.461 e. The fraction of sp³-hybridized carbons (Fsp3) is 0.594. The Morgan fingerprint density at radius 3 is 2.79 bits per heavy atom. The lowest BCUT2D eigenvalue weighted by Crippen LogP contribution is -2.63. The standard InChI is InChI=1S/C32H41ClN4O4S/c1-7-30(5)16-25(31(6)19(2)11-13-32(20(3)28(30)40)14-12-24(38)27(31)32)41-26(39)18-42-29-36-35-21(4)37(29)34-17-22-9-8-10-23(33)15-22/h7-10,15,17,19-20,25,27-28,40H,1,11-14,16,18H2,2-6H3/b34-17+/t19-,20+,25-,27+,28+,30-,31+,32+/m1/s1. The van der Waals surface area contributed by atoms with Gasteiger partial charge in [0.2, 0.25) is 5.16 Å². The molecule has 8 atom stereocenters. The van der Waals surface area contributed by atoms with Crippen molar-refractivity contribution in [3.63, 3.8) is 0 Å². The molecular formula is C32H41ClN4O4S. The molecule has 1 aromatic carbocycles. The number of benzene rings is 1. The van der Waals surface area contributed by atoms with Crippen LogP contribution in [0.2, 0.25) is 5.02 Å². The molecular weight excluding hydrogens is 572 g/mol. The van der Waals surface area contributed by atoms with E-state index in [0.717, 1.165) is 24.8 Å². The van der Waals surface area contributed by atoms with Crippen LogP contribution in [0.4, 0.5) is 0 Å². The molecule has 2 aromatic rings. The van der Waals surface area contributed by atoms with E-state index >= 15 is 0 Å². The average Bonchev–Trinajstić information content (AvgIpc) is 3.50. The number of ketones is 1. The van der Waals surface area contributed by atoms with Crippen molar-refractivity contribution in [2.24, 2.45) is 39.1 Å².